The van der Waals surface area contributed by atoms with Crippen molar-refractivity contribution in [3.63, 3.8) is 0 Å². The van der Waals surface area contributed by atoms with Crippen LogP contribution in [0.5, 0.6) is 5.75 Å². The minimum atomic E-state index is -0.00547. The number of hydrogen-bond acceptors (Lipinski definition) is 3. The normalized spacial score (nSPS) is 18.2. The summed E-state index contributed by atoms with van der Waals surface area (Å²) in [5.74, 6) is 0.969. The predicted molar refractivity (Wildman–Crippen MR) is 77.8 cm³/mol. The summed E-state index contributed by atoms with van der Waals surface area (Å²) in [4.78, 5) is 0. The Kier molecular flexibility index (Phi) is 3.88. The van der Waals surface area contributed by atoms with E-state index >= 15 is 0 Å². The van der Waals surface area contributed by atoms with Gasteiger partial charge in [0.15, 0.2) is 0 Å². The van der Waals surface area contributed by atoms with E-state index in [0.29, 0.717) is 0 Å². The Morgan fingerprint density at radius 1 is 1.32 bits per heavy atom. The highest BCUT2D eigenvalue weighted by Crippen LogP contribution is 2.56. The van der Waals surface area contributed by atoms with E-state index in [1.165, 1.54) is 22.3 Å². The Bertz CT molecular complexity index is 478. The number of hydrogen-bond donors (Lipinski definition) is 2. The summed E-state index contributed by atoms with van der Waals surface area (Å²) < 4.78 is 5.67. The van der Waals surface area contributed by atoms with E-state index in [-0.39, 0.29) is 18.1 Å². The van der Waals surface area contributed by atoms with Gasteiger partial charge in [0.05, 0.1) is 13.7 Å². The van der Waals surface area contributed by atoms with Crippen molar-refractivity contribution < 1.29 is 9.84 Å². The zero-order valence-electron chi connectivity index (χ0n) is 12.6. The lowest BCUT2D eigenvalue weighted by Crippen LogP contribution is -2.30. The summed E-state index contributed by atoms with van der Waals surface area (Å²) in [5.41, 5.74) is 4.88. The molecule has 0 aromatic heterocycles. The van der Waals surface area contributed by atoms with E-state index < -0.39 is 0 Å². The summed E-state index contributed by atoms with van der Waals surface area (Å²) in [7, 11) is 3.70. The molecule has 3 nitrogen and oxygen atoms in total. The third-order valence-corrected chi connectivity index (χ3v) is 4.64. The van der Waals surface area contributed by atoms with Crippen LogP contribution in [0.3, 0.4) is 0 Å². The van der Waals surface area contributed by atoms with Crippen LogP contribution in [0.4, 0.5) is 0 Å². The molecule has 0 spiro atoms. The van der Waals surface area contributed by atoms with Crippen LogP contribution < -0.4 is 10.1 Å². The van der Waals surface area contributed by atoms with Gasteiger partial charge in [0.2, 0.25) is 0 Å². The smallest absolute Gasteiger partial charge is 0.127 e. The summed E-state index contributed by atoms with van der Waals surface area (Å²) in [6.45, 7) is 6.57. The van der Waals surface area contributed by atoms with Gasteiger partial charge < -0.3 is 15.2 Å². The number of ether oxygens (including phenoxy) is 1. The number of rotatable bonds is 5. The van der Waals surface area contributed by atoms with Crippen molar-refractivity contribution in [3.8, 4) is 5.75 Å². The first-order valence-electron chi connectivity index (χ1n) is 6.93. The van der Waals surface area contributed by atoms with Crippen LogP contribution in [0.25, 0.3) is 0 Å². The molecule has 1 fully saturated rings. The lowest BCUT2D eigenvalue weighted by atomic mass is 9.85. The predicted octanol–water partition coefficient (Wildman–Crippen LogP) is 2.65. The van der Waals surface area contributed by atoms with Crippen molar-refractivity contribution in [2.75, 3.05) is 20.8 Å². The molecule has 1 saturated carbocycles. The van der Waals surface area contributed by atoms with Gasteiger partial charge in [0.25, 0.3) is 0 Å². The van der Waals surface area contributed by atoms with Crippen LogP contribution in [-0.2, 0) is 0 Å². The highest BCUT2D eigenvalue weighted by Gasteiger charge is 2.50. The van der Waals surface area contributed by atoms with E-state index in [2.05, 4.69) is 32.2 Å². The maximum atomic E-state index is 9.72. The summed E-state index contributed by atoms with van der Waals surface area (Å²) in [5, 5.41) is 13.1. The highest BCUT2D eigenvalue weighted by molar-refractivity contribution is 5.52. The zero-order chi connectivity index (χ0) is 14.2. The second-order valence-electron chi connectivity index (χ2n) is 5.82. The molecule has 0 bridgehead atoms. The molecule has 2 rings (SSSR count). The van der Waals surface area contributed by atoms with E-state index in [1.807, 2.05) is 7.05 Å². The van der Waals surface area contributed by atoms with Crippen molar-refractivity contribution in [1.82, 2.24) is 5.32 Å². The van der Waals surface area contributed by atoms with Crippen molar-refractivity contribution in [2.45, 2.75) is 39.7 Å². The van der Waals surface area contributed by atoms with Gasteiger partial charge in [0, 0.05) is 17.0 Å². The van der Waals surface area contributed by atoms with Crippen LogP contribution in [0.2, 0.25) is 0 Å². The summed E-state index contributed by atoms with van der Waals surface area (Å²) in [6, 6.07) is 2.37. The lowest BCUT2D eigenvalue weighted by molar-refractivity contribution is 0.173. The van der Waals surface area contributed by atoms with Crippen molar-refractivity contribution >= 4 is 0 Å². The molecule has 1 atom stereocenters. The van der Waals surface area contributed by atoms with Gasteiger partial charge in [-0.05, 0) is 57.4 Å². The average molecular weight is 263 g/mol. The quantitative estimate of drug-likeness (QED) is 0.858. The Balaban J connectivity index is 2.57. The molecule has 0 saturated heterocycles. The standard InChI is InChI=1S/C16H25NO2/c1-10-8-11(2)13(14(19-5)12(10)3)15(17-4)16(9-18)6-7-16/h8,15,17-18H,6-7,9H2,1-5H3. The molecular weight excluding hydrogens is 238 g/mol. The molecule has 3 heteroatoms. The van der Waals surface area contributed by atoms with Crippen molar-refractivity contribution in [2.24, 2.45) is 5.41 Å². The molecule has 0 heterocycles. The molecular formula is C16H25NO2. The van der Waals surface area contributed by atoms with Crippen molar-refractivity contribution in [3.05, 3.63) is 28.3 Å². The maximum Gasteiger partial charge on any atom is 0.127 e. The Hall–Kier alpha value is -1.06. The molecule has 0 amide bonds. The molecule has 106 valence electrons. The van der Waals surface area contributed by atoms with Gasteiger partial charge in [-0.15, -0.1) is 0 Å². The number of benzene rings is 1. The number of aliphatic hydroxyl groups is 1. The van der Waals surface area contributed by atoms with E-state index in [1.54, 1.807) is 7.11 Å². The Morgan fingerprint density at radius 2 is 1.95 bits per heavy atom. The minimum Gasteiger partial charge on any atom is -0.496 e. The number of aliphatic hydroxyl groups excluding tert-OH is 1. The first kappa shape index (κ1) is 14.4. The zero-order valence-corrected chi connectivity index (χ0v) is 12.6. The van der Waals surface area contributed by atoms with Gasteiger partial charge in [-0.1, -0.05) is 6.07 Å². The highest BCUT2D eigenvalue weighted by atomic mass is 16.5. The van der Waals surface area contributed by atoms with Crippen molar-refractivity contribution in [1.29, 1.82) is 0 Å². The van der Waals surface area contributed by atoms with Gasteiger partial charge in [-0.2, -0.15) is 0 Å². The second kappa shape index (κ2) is 5.14. The minimum absolute atomic E-state index is 0.00547. The molecule has 19 heavy (non-hydrogen) atoms. The van der Waals surface area contributed by atoms with Crippen LogP contribution in [-0.4, -0.2) is 25.9 Å². The number of nitrogens with one attached hydrogen (secondary N) is 1. The number of methoxy groups -OCH3 is 1. The molecule has 2 N–H and O–H groups in total. The SMILES string of the molecule is CNC(c1c(C)cc(C)c(C)c1OC)C1(CO)CC1. The van der Waals surface area contributed by atoms with E-state index in [4.69, 9.17) is 4.74 Å². The average Bonchev–Trinajstić information content (AvgIpc) is 3.17. The topological polar surface area (TPSA) is 41.5 Å². The van der Waals surface area contributed by atoms with Crippen LogP contribution in [0, 0.1) is 26.2 Å². The monoisotopic (exact) mass is 263 g/mol. The maximum absolute atomic E-state index is 9.72. The largest absolute Gasteiger partial charge is 0.496 e. The molecule has 1 aromatic carbocycles. The lowest BCUT2D eigenvalue weighted by Gasteiger charge is -2.29. The van der Waals surface area contributed by atoms with Crippen LogP contribution in [0.1, 0.15) is 41.1 Å². The summed E-state index contributed by atoms with van der Waals surface area (Å²) >= 11 is 0. The first-order chi connectivity index (χ1) is 9.00. The van der Waals surface area contributed by atoms with E-state index in [9.17, 15) is 5.11 Å². The molecule has 1 unspecified atom stereocenters. The molecule has 0 aliphatic heterocycles. The first-order valence-corrected chi connectivity index (χ1v) is 6.93. The van der Waals surface area contributed by atoms with E-state index in [0.717, 1.165) is 18.6 Å². The fourth-order valence-corrected chi connectivity index (χ4v) is 3.15. The van der Waals surface area contributed by atoms with Crippen LogP contribution in [0.15, 0.2) is 6.07 Å². The Labute approximate surface area is 116 Å². The third kappa shape index (κ3) is 2.26. The molecule has 1 aliphatic carbocycles. The van der Waals surface area contributed by atoms with Gasteiger partial charge >= 0.3 is 0 Å². The van der Waals surface area contributed by atoms with Gasteiger partial charge in [-0.25, -0.2) is 0 Å². The van der Waals surface area contributed by atoms with Gasteiger partial charge in [-0.3, -0.25) is 0 Å². The molecule has 0 radical (unpaired) electrons. The fraction of sp³-hybridized carbons (Fsp3) is 0.625. The molecule has 1 aromatic rings. The summed E-state index contributed by atoms with van der Waals surface area (Å²) in [6.07, 6.45) is 2.15. The number of aryl methyl sites for hydroxylation is 2. The van der Waals surface area contributed by atoms with Crippen LogP contribution >= 0.6 is 0 Å². The fourth-order valence-electron chi connectivity index (χ4n) is 3.15. The second-order valence-corrected chi connectivity index (χ2v) is 5.82. The molecule has 1 aliphatic rings. The third-order valence-electron chi connectivity index (χ3n) is 4.64. The van der Waals surface area contributed by atoms with Gasteiger partial charge in [0.1, 0.15) is 5.75 Å². The Morgan fingerprint density at radius 3 is 2.37 bits per heavy atom.